The van der Waals surface area contributed by atoms with Crippen LogP contribution in [0.3, 0.4) is 0 Å². The highest BCUT2D eigenvalue weighted by Crippen LogP contribution is 2.10. The Labute approximate surface area is 479 Å². The topological polar surface area (TPSA) is 194 Å². The van der Waals surface area contributed by atoms with Crippen LogP contribution in [-0.4, -0.2) is 274 Å². The number of ether oxygens (including phenoxy) is 21. The molecule has 4 unspecified atom stereocenters. The standard InChI is InChI=1S/C58H118O21/c1-9-17-59-25-29-67-41-53(75-37-33-63-21-13-5)45-71-49-57(50-72-46-54(76-38-34-64-22-14-6)42-68-30-26-60-18-10-2)79-58(51-73-47-55(77-39-35-65-23-15-7)43-69-31-27-61-19-11-3)52-74-48-56(78-40-36-66-24-16-8)44-70-32-28-62-20-12-4/h53-58H,9-52H2,1-8H3. The second-order valence-electron chi connectivity index (χ2n) is 18.7. The molecular formula is C58H118O21. The molecule has 0 aliphatic carbocycles. The summed E-state index contributed by atoms with van der Waals surface area (Å²) < 4.78 is 127. The Kier molecular flexibility index (Phi) is 65.6. The van der Waals surface area contributed by atoms with Crippen LogP contribution in [0.2, 0.25) is 0 Å². The van der Waals surface area contributed by atoms with Gasteiger partial charge in [0.05, 0.1) is 185 Å². The van der Waals surface area contributed by atoms with Gasteiger partial charge in [-0.25, -0.2) is 0 Å². The summed E-state index contributed by atoms with van der Waals surface area (Å²) in [6.07, 6.45) is 4.79. The highest BCUT2D eigenvalue weighted by Gasteiger charge is 2.23. The smallest absolute Gasteiger partial charge is 0.105 e. The SMILES string of the molecule is CCCOCCOCC(COCC(COCC(COCCOCCC)OCCOCCC)OC(COCC(COCCOCCC)OCCOCCC)COCC(COCCOCCC)OCCOCCC)OCCOCCC. The summed E-state index contributed by atoms with van der Waals surface area (Å²) in [6, 6.07) is 0. The molecule has 0 amide bonds. The van der Waals surface area contributed by atoms with E-state index in [1.165, 1.54) is 0 Å². The van der Waals surface area contributed by atoms with Crippen LogP contribution in [0.25, 0.3) is 0 Å². The van der Waals surface area contributed by atoms with Gasteiger partial charge in [-0.15, -0.1) is 0 Å². The predicted octanol–water partition coefficient (Wildman–Crippen LogP) is 6.83. The van der Waals surface area contributed by atoms with Gasteiger partial charge in [0.25, 0.3) is 0 Å². The second-order valence-corrected chi connectivity index (χ2v) is 18.7. The van der Waals surface area contributed by atoms with Gasteiger partial charge in [0.2, 0.25) is 0 Å². The first-order valence-corrected chi connectivity index (χ1v) is 30.4. The molecule has 0 aromatic carbocycles. The van der Waals surface area contributed by atoms with E-state index in [0.29, 0.717) is 185 Å². The van der Waals surface area contributed by atoms with Gasteiger partial charge in [0.1, 0.15) is 36.6 Å². The summed E-state index contributed by atoms with van der Waals surface area (Å²) in [6.45, 7) is 31.9. The zero-order valence-electron chi connectivity index (χ0n) is 51.2. The van der Waals surface area contributed by atoms with Crippen molar-refractivity contribution in [3.8, 4) is 0 Å². The molecule has 4 atom stereocenters. The van der Waals surface area contributed by atoms with Gasteiger partial charge in [0.15, 0.2) is 0 Å². The molecular weight excluding hydrogens is 1030 g/mol. The first-order chi connectivity index (χ1) is 39.0. The Morgan fingerprint density at radius 3 is 0.494 bits per heavy atom. The summed E-state index contributed by atoms with van der Waals surface area (Å²) in [5, 5.41) is 0. The van der Waals surface area contributed by atoms with Crippen LogP contribution in [0.4, 0.5) is 0 Å². The molecule has 0 aromatic rings. The average Bonchev–Trinajstić information content (AvgIpc) is 3.45. The van der Waals surface area contributed by atoms with Crippen molar-refractivity contribution in [2.75, 3.05) is 238 Å². The fraction of sp³-hybridized carbons (Fsp3) is 1.00. The Bertz CT molecular complexity index is 962. The highest BCUT2D eigenvalue weighted by atomic mass is 16.6. The summed E-state index contributed by atoms with van der Waals surface area (Å²) in [5.41, 5.74) is 0. The fourth-order valence-corrected chi connectivity index (χ4v) is 6.82. The summed E-state index contributed by atoms with van der Waals surface area (Å²) in [7, 11) is 0. The lowest BCUT2D eigenvalue weighted by atomic mass is 10.3. The Morgan fingerprint density at radius 2 is 0.304 bits per heavy atom. The van der Waals surface area contributed by atoms with Crippen molar-refractivity contribution in [2.24, 2.45) is 0 Å². The Hall–Kier alpha value is -0.840. The van der Waals surface area contributed by atoms with E-state index >= 15 is 0 Å². The molecule has 0 saturated carbocycles. The largest absolute Gasteiger partial charge is 0.379 e. The van der Waals surface area contributed by atoms with Gasteiger partial charge in [-0.1, -0.05) is 55.4 Å². The van der Waals surface area contributed by atoms with Crippen LogP contribution in [0.5, 0.6) is 0 Å². The van der Waals surface area contributed by atoms with Gasteiger partial charge >= 0.3 is 0 Å². The molecule has 0 bridgehead atoms. The monoisotopic (exact) mass is 1150 g/mol. The third kappa shape index (κ3) is 57.4. The lowest BCUT2D eigenvalue weighted by molar-refractivity contribution is -0.158. The fourth-order valence-electron chi connectivity index (χ4n) is 6.82. The number of rotatable bonds is 70. The maximum Gasteiger partial charge on any atom is 0.105 e. The average molecular weight is 1150 g/mol. The number of hydrogen-bond acceptors (Lipinski definition) is 21. The highest BCUT2D eigenvalue weighted by molar-refractivity contribution is 4.68. The van der Waals surface area contributed by atoms with Crippen molar-refractivity contribution in [3.63, 3.8) is 0 Å². The van der Waals surface area contributed by atoms with Gasteiger partial charge in [-0.2, -0.15) is 0 Å². The molecule has 0 aromatic heterocycles. The van der Waals surface area contributed by atoms with Crippen LogP contribution in [0, 0.1) is 0 Å². The van der Waals surface area contributed by atoms with Crippen LogP contribution < -0.4 is 0 Å². The molecule has 0 fully saturated rings. The molecule has 0 radical (unpaired) electrons. The molecule has 0 spiro atoms. The molecule has 21 heteroatoms. The Morgan fingerprint density at radius 1 is 0.152 bits per heavy atom. The molecule has 21 nitrogen and oxygen atoms in total. The third-order valence-corrected chi connectivity index (χ3v) is 10.6. The van der Waals surface area contributed by atoms with E-state index in [2.05, 4.69) is 55.4 Å². The molecule has 0 saturated heterocycles. The lowest BCUT2D eigenvalue weighted by Gasteiger charge is -2.28. The van der Waals surface area contributed by atoms with Gasteiger partial charge in [-0.05, 0) is 51.4 Å². The van der Waals surface area contributed by atoms with E-state index in [1.807, 2.05) is 0 Å². The van der Waals surface area contributed by atoms with Crippen molar-refractivity contribution >= 4 is 0 Å². The van der Waals surface area contributed by atoms with Crippen molar-refractivity contribution < 1.29 is 99.5 Å². The van der Waals surface area contributed by atoms with E-state index in [4.69, 9.17) is 99.5 Å². The van der Waals surface area contributed by atoms with Gasteiger partial charge in [-0.3, -0.25) is 0 Å². The first-order valence-electron chi connectivity index (χ1n) is 30.4. The molecule has 0 aliphatic heterocycles. The van der Waals surface area contributed by atoms with Gasteiger partial charge in [0, 0.05) is 52.9 Å². The zero-order valence-corrected chi connectivity index (χ0v) is 51.2. The minimum absolute atomic E-state index is 0.152. The molecule has 0 aliphatic rings. The summed E-state index contributed by atoms with van der Waals surface area (Å²) >= 11 is 0. The molecule has 0 rings (SSSR count). The minimum Gasteiger partial charge on any atom is -0.379 e. The van der Waals surface area contributed by atoms with Crippen molar-refractivity contribution in [3.05, 3.63) is 0 Å². The zero-order chi connectivity index (χ0) is 57.4. The van der Waals surface area contributed by atoms with Crippen LogP contribution in [0.1, 0.15) is 107 Å². The molecule has 79 heavy (non-hydrogen) atoms. The molecule has 0 heterocycles. The van der Waals surface area contributed by atoms with Crippen molar-refractivity contribution in [1.82, 2.24) is 0 Å². The lowest BCUT2D eigenvalue weighted by Crippen LogP contribution is -2.39. The van der Waals surface area contributed by atoms with Gasteiger partial charge < -0.3 is 99.5 Å². The van der Waals surface area contributed by atoms with E-state index in [9.17, 15) is 0 Å². The van der Waals surface area contributed by atoms with E-state index in [1.54, 1.807) is 0 Å². The third-order valence-electron chi connectivity index (χ3n) is 10.6. The van der Waals surface area contributed by atoms with Crippen LogP contribution in [-0.2, 0) is 99.5 Å². The number of hydrogen-bond donors (Lipinski definition) is 0. The summed E-state index contributed by atoms with van der Waals surface area (Å²) in [5.74, 6) is 0. The first kappa shape index (κ1) is 78.2. The van der Waals surface area contributed by atoms with E-state index in [-0.39, 0.29) is 77.3 Å². The van der Waals surface area contributed by atoms with E-state index < -0.39 is 12.2 Å². The van der Waals surface area contributed by atoms with Crippen LogP contribution in [0.15, 0.2) is 0 Å². The van der Waals surface area contributed by atoms with Crippen molar-refractivity contribution in [1.29, 1.82) is 0 Å². The minimum atomic E-state index is -0.588. The van der Waals surface area contributed by atoms with E-state index in [0.717, 1.165) is 51.4 Å². The maximum atomic E-state index is 6.89. The normalized spacial score (nSPS) is 14.3. The van der Waals surface area contributed by atoms with Crippen LogP contribution >= 0.6 is 0 Å². The summed E-state index contributed by atoms with van der Waals surface area (Å²) in [4.78, 5) is 0. The molecule has 476 valence electrons. The maximum absolute atomic E-state index is 6.89. The second kappa shape index (κ2) is 66.3. The predicted molar refractivity (Wildman–Crippen MR) is 303 cm³/mol. The van der Waals surface area contributed by atoms with Crippen molar-refractivity contribution in [2.45, 2.75) is 143 Å². The quantitative estimate of drug-likeness (QED) is 0.0575. The molecule has 0 N–H and O–H groups in total. The Balaban J connectivity index is 6.62.